The molecule has 0 amide bonds. The maximum Gasteiger partial charge on any atom is 0.270 e. The molecular formula is C12H12N4O3S2. The van der Waals surface area contributed by atoms with Crippen LogP contribution in [0.5, 0.6) is 0 Å². The van der Waals surface area contributed by atoms with E-state index in [1.807, 2.05) is 11.8 Å². The molecule has 1 unspecified atom stereocenters. The molecule has 2 heterocycles. The average Bonchev–Trinajstić information content (AvgIpc) is 2.98. The van der Waals surface area contributed by atoms with Gasteiger partial charge in [-0.05, 0) is 6.07 Å². The summed E-state index contributed by atoms with van der Waals surface area (Å²) in [5.41, 5.74) is 6.57. The van der Waals surface area contributed by atoms with Gasteiger partial charge in [0.25, 0.3) is 11.6 Å². The number of aromatic nitrogens is 2. The third-order valence-corrected chi connectivity index (χ3v) is 5.77. The number of nitro groups is 1. The van der Waals surface area contributed by atoms with Gasteiger partial charge >= 0.3 is 0 Å². The minimum Gasteiger partial charge on any atom is -0.398 e. The maximum atomic E-state index is 10.8. The van der Waals surface area contributed by atoms with Gasteiger partial charge < -0.3 is 10.3 Å². The highest BCUT2D eigenvalue weighted by atomic mass is 32.2. The molecule has 0 bridgehead atoms. The first-order valence-corrected chi connectivity index (χ1v) is 8.43. The van der Waals surface area contributed by atoms with Crippen molar-refractivity contribution in [2.45, 2.75) is 5.25 Å². The molecule has 1 atom stereocenters. The third-order valence-electron chi connectivity index (χ3n) is 3.02. The van der Waals surface area contributed by atoms with Gasteiger partial charge in [0.2, 0.25) is 0 Å². The van der Waals surface area contributed by atoms with Crippen LogP contribution in [0.15, 0.2) is 22.7 Å². The Balaban J connectivity index is 1.92. The minimum atomic E-state index is -0.478. The van der Waals surface area contributed by atoms with Crippen molar-refractivity contribution in [1.29, 1.82) is 0 Å². The summed E-state index contributed by atoms with van der Waals surface area (Å²) in [6, 6.07) is 4.18. The molecule has 110 valence electrons. The minimum absolute atomic E-state index is 0.0541. The summed E-state index contributed by atoms with van der Waals surface area (Å²) in [6.45, 7) is 0. The van der Waals surface area contributed by atoms with Gasteiger partial charge in [-0.2, -0.15) is 16.7 Å². The SMILES string of the molecule is Nc1ccc([N+](=O)[O-])cc1-c1nc(C2CSCCS2)no1. The lowest BCUT2D eigenvalue weighted by molar-refractivity contribution is -0.384. The lowest BCUT2D eigenvalue weighted by Crippen LogP contribution is -2.07. The van der Waals surface area contributed by atoms with Crippen molar-refractivity contribution < 1.29 is 9.45 Å². The summed E-state index contributed by atoms with van der Waals surface area (Å²) in [7, 11) is 0. The van der Waals surface area contributed by atoms with Gasteiger partial charge in [-0.15, -0.1) is 11.8 Å². The second kappa shape index (κ2) is 5.94. The molecule has 3 rings (SSSR count). The maximum absolute atomic E-state index is 10.8. The fourth-order valence-corrected chi connectivity index (χ4v) is 4.54. The monoisotopic (exact) mass is 324 g/mol. The summed E-state index contributed by atoms with van der Waals surface area (Å²) in [5, 5.41) is 15.0. The van der Waals surface area contributed by atoms with Crippen LogP contribution < -0.4 is 5.73 Å². The van der Waals surface area contributed by atoms with Crippen LogP contribution in [-0.2, 0) is 0 Å². The highest BCUT2D eigenvalue weighted by Gasteiger charge is 2.23. The summed E-state index contributed by atoms with van der Waals surface area (Å²) in [5.74, 6) is 3.96. The Labute approximate surface area is 128 Å². The molecule has 1 aromatic carbocycles. The van der Waals surface area contributed by atoms with E-state index in [1.165, 1.54) is 18.2 Å². The Morgan fingerprint density at radius 1 is 1.43 bits per heavy atom. The second-order valence-electron chi connectivity index (χ2n) is 4.42. The summed E-state index contributed by atoms with van der Waals surface area (Å²) in [4.78, 5) is 14.7. The second-order valence-corrected chi connectivity index (χ2v) is 6.88. The Kier molecular flexibility index (Phi) is 4.02. The van der Waals surface area contributed by atoms with Crippen molar-refractivity contribution in [2.75, 3.05) is 23.0 Å². The molecule has 9 heteroatoms. The van der Waals surface area contributed by atoms with E-state index in [4.69, 9.17) is 10.3 Å². The number of hydrogen-bond acceptors (Lipinski definition) is 8. The summed E-state index contributed by atoms with van der Waals surface area (Å²) >= 11 is 3.65. The number of rotatable bonds is 3. The number of nitrogens with zero attached hydrogens (tertiary/aromatic N) is 3. The van der Waals surface area contributed by atoms with Crippen LogP contribution in [0.2, 0.25) is 0 Å². The Morgan fingerprint density at radius 2 is 2.29 bits per heavy atom. The summed E-state index contributed by atoms with van der Waals surface area (Å²) in [6.07, 6.45) is 0. The van der Waals surface area contributed by atoms with Crippen molar-refractivity contribution in [1.82, 2.24) is 10.1 Å². The van der Waals surface area contributed by atoms with E-state index in [9.17, 15) is 10.1 Å². The molecule has 0 saturated carbocycles. The van der Waals surface area contributed by atoms with E-state index in [2.05, 4.69) is 10.1 Å². The smallest absolute Gasteiger partial charge is 0.270 e. The molecule has 21 heavy (non-hydrogen) atoms. The van der Waals surface area contributed by atoms with Crippen LogP contribution in [0.25, 0.3) is 11.5 Å². The zero-order chi connectivity index (χ0) is 14.8. The normalized spacial score (nSPS) is 18.6. The van der Waals surface area contributed by atoms with E-state index >= 15 is 0 Å². The quantitative estimate of drug-likeness (QED) is 0.521. The lowest BCUT2D eigenvalue weighted by Gasteiger charge is -2.16. The molecule has 1 aromatic heterocycles. The summed E-state index contributed by atoms with van der Waals surface area (Å²) < 4.78 is 5.23. The van der Waals surface area contributed by atoms with Gasteiger partial charge in [0.05, 0.1) is 15.7 Å². The van der Waals surface area contributed by atoms with Gasteiger partial charge in [0, 0.05) is 35.1 Å². The predicted molar refractivity (Wildman–Crippen MR) is 83.3 cm³/mol. The number of nitrogens with two attached hydrogens (primary N) is 1. The topological polar surface area (TPSA) is 108 Å². The first kappa shape index (κ1) is 14.2. The molecule has 1 aliphatic rings. The molecule has 2 aromatic rings. The number of benzene rings is 1. The predicted octanol–water partition coefficient (Wildman–Crippen LogP) is 2.75. The molecule has 0 aliphatic carbocycles. The van der Waals surface area contributed by atoms with Crippen molar-refractivity contribution >= 4 is 34.9 Å². The van der Waals surface area contributed by atoms with Crippen LogP contribution in [0.1, 0.15) is 11.1 Å². The number of nitro benzene ring substituents is 1. The van der Waals surface area contributed by atoms with Crippen LogP contribution in [0.4, 0.5) is 11.4 Å². The molecule has 7 nitrogen and oxygen atoms in total. The first-order chi connectivity index (χ1) is 10.1. The Hall–Kier alpha value is -1.74. The standard InChI is InChI=1S/C12H12N4O3S2/c13-9-2-1-7(16(17)18)5-8(9)12-14-11(15-19-12)10-6-20-3-4-21-10/h1-2,5,10H,3-4,6,13H2. The van der Waals surface area contributed by atoms with E-state index in [-0.39, 0.29) is 16.8 Å². The van der Waals surface area contributed by atoms with Gasteiger partial charge in [0.15, 0.2) is 5.82 Å². The molecule has 1 saturated heterocycles. The van der Waals surface area contributed by atoms with Crippen LogP contribution >= 0.6 is 23.5 Å². The van der Waals surface area contributed by atoms with Crippen LogP contribution in [0, 0.1) is 10.1 Å². The average molecular weight is 324 g/mol. The fraction of sp³-hybridized carbons (Fsp3) is 0.333. The molecule has 0 spiro atoms. The first-order valence-electron chi connectivity index (χ1n) is 6.22. The third kappa shape index (κ3) is 2.98. The molecular weight excluding hydrogens is 312 g/mol. The largest absolute Gasteiger partial charge is 0.398 e. The van der Waals surface area contributed by atoms with E-state index in [0.717, 1.165) is 17.3 Å². The lowest BCUT2D eigenvalue weighted by atomic mass is 10.1. The van der Waals surface area contributed by atoms with Gasteiger partial charge in [0.1, 0.15) is 0 Å². The van der Waals surface area contributed by atoms with Crippen molar-refractivity contribution in [2.24, 2.45) is 0 Å². The number of hydrogen-bond donors (Lipinski definition) is 1. The fourth-order valence-electron chi connectivity index (χ4n) is 1.95. The van der Waals surface area contributed by atoms with Crippen molar-refractivity contribution in [3.8, 4) is 11.5 Å². The van der Waals surface area contributed by atoms with Crippen molar-refractivity contribution in [3.05, 3.63) is 34.1 Å². The number of thioether (sulfide) groups is 2. The zero-order valence-electron chi connectivity index (χ0n) is 10.9. The number of non-ortho nitro benzene ring substituents is 1. The zero-order valence-corrected chi connectivity index (χ0v) is 12.5. The number of anilines is 1. The number of nitrogen functional groups attached to an aromatic ring is 1. The molecule has 0 radical (unpaired) electrons. The van der Waals surface area contributed by atoms with E-state index < -0.39 is 4.92 Å². The van der Waals surface area contributed by atoms with E-state index in [1.54, 1.807) is 11.8 Å². The van der Waals surface area contributed by atoms with Gasteiger partial charge in [-0.3, -0.25) is 10.1 Å². The Bertz CT molecular complexity index is 670. The van der Waals surface area contributed by atoms with Crippen LogP contribution in [-0.4, -0.2) is 32.3 Å². The van der Waals surface area contributed by atoms with Crippen LogP contribution in [0.3, 0.4) is 0 Å². The molecule has 2 N–H and O–H groups in total. The van der Waals surface area contributed by atoms with Crippen molar-refractivity contribution in [3.63, 3.8) is 0 Å². The highest BCUT2D eigenvalue weighted by molar-refractivity contribution is 8.06. The van der Waals surface area contributed by atoms with Gasteiger partial charge in [-0.25, -0.2) is 0 Å². The highest BCUT2D eigenvalue weighted by Crippen LogP contribution is 2.36. The Morgan fingerprint density at radius 3 is 3.00 bits per heavy atom. The molecule has 1 fully saturated rings. The van der Waals surface area contributed by atoms with Gasteiger partial charge in [-0.1, -0.05) is 5.16 Å². The molecule has 1 aliphatic heterocycles. The van der Waals surface area contributed by atoms with E-state index in [0.29, 0.717) is 17.1 Å².